The molecule has 4 rings (SSSR count). The molecule has 4 heteroatoms. The third-order valence-corrected chi connectivity index (χ3v) is 14.8. The average molecular weight is 610 g/mol. The van der Waals surface area contributed by atoms with Crippen LogP contribution in [0.1, 0.15) is 178 Å². The van der Waals surface area contributed by atoms with E-state index in [1.165, 1.54) is 92.0 Å². The van der Waals surface area contributed by atoms with Gasteiger partial charge in [0.05, 0.1) is 21.8 Å². The van der Waals surface area contributed by atoms with Crippen LogP contribution in [-0.2, 0) is 11.0 Å². The van der Waals surface area contributed by atoms with E-state index in [2.05, 4.69) is 103 Å². The highest BCUT2D eigenvalue weighted by atomic mass is 32.2. The van der Waals surface area contributed by atoms with Gasteiger partial charge in [-0.15, -0.1) is 0 Å². The molecule has 2 fully saturated rings. The Hall–Kier alpha value is -1.02. The standard InChI is InChI=1S/C38H60NOPS/c1-26(2)29-24-33(27(3)4)36(34(25-29)28(5)6)37(39-42(40)38(7,8)9)32-22-16-17-23-35(32)41(30-18-12-10-13-19-30)31-20-14-11-15-21-31/h16-17,22-28,30-31,37,39H,10-15,18-21H2,1-9H3/t37-,42?/m0/s1. The zero-order valence-electron chi connectivity index (χ0n) is 28.3. The number of hydrogen-bond acceptors (Lipinski definition) is 1. The first kappa shape index (κ1) is 33.9. The quantitative estimate of drug-likeness (QED) is 0.267. The molecule has 0 spiro atoms. The third-order valence-electron chi connectivity index (χ3n) is 9.71. The van der Waals surface area contributed by atoms with E-state index in [-0.39, 0.29) is 18.7 Å². The first-order valence-corrected chi connectivity index (χ1v) is 19.8. The second-order valence-electron chi connectivity index (χ2n) is 15.1. The first-order valence-electron chi connectivity index (χ1n) is 17.1. The lowest BCUT2D eigenvalue weighted by Crippen LogP contribution is -2.39. The molecule has 2 atom stereocenters. The van der Waals surface area contributed by atoms with Crippen molar-refractivity contribution in [2.75, 3.05) is 0 Å². The van der Waals surface area contributed by atoms with E-state index in [4.69, 9.17) is 0 Å². The highest BCUT2D eigenvalue weighted by molar-refractivity contribution is 7.84. The molecule has 0 radical (unpaired) electrons. The van der Waals surface area contributed by atoms with Crippen LogP contribution in [0.25, 0.3) is 0 Å². The third kappa shape index (κ3) is 7.97. The van der Waals surface area contributed by atoms with Gasteiger partial charge in [-0.05, 0) is 109 Å². The second kappa shape index (κ2) is 14.8. The Morgan fingerprint density at radius 2 is 1.19 bits per heavy atom. The Labute approximate surface area is 263 Å². The fourth-order valence-corrected chi connectivity index (χ4v) is 12.1. The molecule has 2 nitrogen and oxygen atoms in total. The van der Waals surface area contributed by atoms with Gasteiger partial charge in [0.25, 0.3) is 0 Å². The Kier molecular flexibility index (Phi) is 12.0. The van der Waals surface area contributed by atoms with E-state index in [9.17, 15) is 4.21 Å². The number of rotatable bonds is 10. The average Bonchev–Trinajstić information content (AvgIpc) is 2.96. The molecule has 0 aromatic heterocycles. The summed E-state index contributed by atoms with van der Waals surface area (Å²) in [4.78, 5) is 0. The van der Waals surface area contributed by atoms with Crippen LogP contribution in [0.2, 0.25) is 0 Å². The summed E-state index contributed by atoms with van der Waals surface area (Å²) in [5.74, 6) is 1.24. The SMILES string of the molecule is CC(C)c1cc(C(C)C)c([C@@H](NS(=O)C(C)(C)C)c2ccccc2P(C2CCCCC2)C2CCCCC2)c(C(C)C)c1. The first-order chi connectivity index (χ1) is 19.9. The van der Waals surface area contributed by atoms with Crippen LogP contribution in [-0.4, -0.2) is 20.3 Å². The Morgan fingerprint density at radius 1 is 0.714 bits per heavy atom. The van der Waals surface area contributed by atoms with E-state index in [0.29, 0.717) is 17.8 Å². The van der Waals surface area contributed by atoms with E-state index >= 15 is 0 Å². The van der Waals surface area contributed by atoms with E-state index in [1.807, 2.05) is 0 Å². The van der Waals surface area contributed by atoms with E-state index in [0.717, 1.165) is 11.3 Å². The van der Waals surface area contributed by atoms with Crippen LogP contribution >= 0.6 is 7.92 Å². The van der Waals surface area contributed by atoms with Crippen LogP contribution in [0.3, 0.4) is 0 Å². The molecular formula is C38H60NOPS. The van der Waals surface area contributed by atoms with Crippen molar-refractivity contribution in [3.63, 3.8) is 0 Å². The normalized spacial score (nSPS) is 19.3. The van der Waals surface area contributed by atoms with Gasteiger partial charge in [-0.3, -0.25) is 0 Å². The van der Waals surface area contributed by atoms with Crippen LogP contribution in [0.5, 0.6) is 0 Å². The molecule has 2 aliphatic rings. The van der Waals surface area contributed by atoms with Crippen LogP contribution < -0.4 is 10.0 Å². The molecule has 2 aromatic carbocycles. The summed E-state index contributed by atoms with van der Waals surface area (Å²) in [5, 5.41) is 1.60. The summed E-state index contributed by atoms with van der Waals surface area (Å²) in [6, 6.07) is 14.3. The number of nitrogens with one attached hydrogen (secondary N) is 1. The predicted molar refractivity (Wildman–Crippen MR) is 188 cm³/mol. The minimum atomic E-state index is -1.20. The Balaban J connectivity index is 1.98. The van der Waals surface area contributed by atoms with Crippen LogP contribution in [0, 0.1) is 0 Å². The summed E-state index contributed by atoms with van der Waals surface area (Å²) in [7, 11) is -1.49. The van der Waals surface area contributed by atoms with Crippen molar-refractivity contribution in [1.29, 1.82) is 0 Å². The number of benzene rings is 2. The fraction of sp³-hybridized carbons (Fsp3) is 0.684. The summed E-state index contributed by atoms with van der Waals surface area (Å²) in [6.07, 6.45) is 13.9. The van der Waals surface area contributed by atoms with E-state index in [1.54, 1.807) is 5.30 Å². The topological polar surface area (TPSA) is 29.1 Å². The van der Waals surface area contributed by atoms with Gasteiger partial charge in [0.2, 0.25) is 0 Å². The second-order valence-corrected chi connectivity index (χ2v) is 19.8. The van der Waals surface area contributed by atoms with Crippen molar-refractivity contribution in [3.8, 4) is 0 Å². The van der Waals surface area contributed by atoms with Crippen molar-refractivity contribution in [2.24, 2.45) is 0 Å². The molecule has 2 aliphatic carbocycles. The van der Waals surface area contributed by atoms with Gasteiger partial charge >= 0.3 is 0 Å². The van der Waals surface area contributed by atoms with Crippen molar-refractivity contribution in [3.05, 3.63) is 64.2 Å². The van der Waals surface area contributed by atoms with Crippen molar-refractivity contribution in [2.45, 2.75) is 166 Å². The van der Waals surface area contributed by atoms with Crippen molar-refractivity contribution < 1.29 is 4.21 Å². The lowest BCUT2D eigenvalue weighted by atomic mass is 9.80. The van der Waals surface area contributed by atoms with Gasteiger partial charge in [0.15, 0.2) is 0 Å². The maximum absolute atomic E-state index is 14.0. The lowest BCUT2D eigenvalue weighted by Gasteiger charge is -2.41. The van der Waals surface area contributed by atoms with Gasteiger partial charge in [-0.2, -0.15) is 0 Å². The minimum absolute atomic E-state index is 0.0885. The molecule has 0 amide bonds. The molecule has 1 unspecified atom stereocenters. The van der Waals surface area contributed by atoms with Gasteiger partial charge in [-0.1, -0.05) is 124 Å². The lowest BCUT2D eigenvalue weighted by molar-refractivity contribution is 0.487. The van der Waals surface area contributed by atoms with Crippen LogP contribution in [0.4, 0.5) is 0 Å². The molecule has 1 N–H and O–H groups in total. The molecule has 0 aliphatic heterocycles. The number of hydrogen-bond donors (Lipinski definition) is 1. The largest absolute Gasteiger partial charge is 0.242 e. The summed E-state index contributed by atoms with van der Waals surface area (Å²) in [5.41, 5.74) is 8.69. The van der Waals surface area contributed by atoms with E-state index < -0.39 is 11.0 Å². The molecule has 234 valence electrons. The highest BCUT2D eigenvalue weighted by Gasteiger charge is 2.37. The molecule has 0 heterocycles. The highest BCUT2D eigenvalue weighted by Crippen LogP contribution is 2.56. The molecule has 0 saturated heterocycles. The summed E-state index contributed by atoms with van der Waals surface area (Å²) >= 11 is 0. The minimum Gasteiger partial charge on any atom is -0.242 e. The van der Waals surface area contributed by atoms with Gasteiger partial charge < -0.3 is 0 Å². The Morgan fingerprint density at radius 3 is 1.62 bits per heavy atom. The zero-order valence-corrected chi connectivity index (χ0v) is 30.0. The molecular weight excluding hydrogens is 549 g/mol. The summed E-state index contributed by atoms with van der Waals surface area (Å²) in [6.45, 7) is 20.3. The van der Waals surface area contributed by atoms with Gasteiger partial charge in [0.1, 0.15) is 0 Å². The van der Waals surface area contributed by atoms with Gasteiger partial charge in [-0.25, -0.2) is 8.93 Å². The van der Waals surface area contributed by atoms with Crippen LogP contribution in [0.15, 0.2) is 36.4 Å². The molecule has 2 saturated carbocycles. The van der Waals surface area contributed by atoms with Crippen molar-refractivity contribution in [1.82, 2.24) is 4.72 Å². The maximum Gasteiger partial charge on any atom is 0.0979 e. The molecule has 42 heavy (non-hydrogen) atoms. The fourth-order valence-electron chi connectivity index (χ4n) is 7.28. The zero-order chi connectivity index (χ0) is 30.6. The predicted octanol–water partition coefficient (Wildman–Crippen LogP) is 11.0. The Bertz CT molecular complexity index is 1140. The smallest absolute Gasteiger partial charge is 0.0979 e. The monoisotopic (exact) mass is 609 g/mol. The summed E-state index contributed by atoms with van der Waals surface area (Å²) < 4.78 is 17.5. The van der Waals surface area contributed by atoms with Gasteiger partial charge in [0, 0.05) is 0 Å². The van der Waals surface area contributed by atoms with Crippen molar-refractivity contribution >= 4 is 24.2 Å². The molecule has 0 bridgehead atoms. The maximum atomic E-state index is 14.0. The molecule has 2 aromatic rings.